The molecule has 2 rings (SSSR count). The molecule has 1 saturated carbocycles. The van der Waals surface area contributed by atoms with Gasteiger partial charge in [0, 0.05) is 5.56 Å². The molecule has 20 heavy (non-hydrogen) atoms. The van der Waals surface area contributed by atoms with Gasteiger partial charge in [0.25, 0.3) is 0 Å². The van der Waals surface area contributed by atoms with Crippen LogP contribution in [0.4, 0.5) is 0 Å². The summed E-state index contributed by atoms with van der Waals surface area (Å²) in [6.45, 7) is 0. The summed E-state index contributed by atoms with van der Waals surface area (Å²) in [6.07, 6.45) is 1.45. The summed E-state index contributed by atoms with van der Waals surface area (Å²) >= 11 is 0. The highest BCUT2D eigenvalue weighted by Gasteiger charge is 2.35. The number of aliphatic carboxylic acids is 1. The molecule has 0 bridgehead atoms. The van der Waals surface area contributed by atoms with Crippen LogP contribution in [0.25, 0.3) is 0 Å². The maximum absolute atomic E-state index is 12.2. The second-order valence-corrected chi connectivity index (χ2v) is 4.40. The largest absolute Gasteiger partial charge is 0.477 e. The topological polar surface area (TPSA) is 110 Å². The first-order valence-corrected chi connectivity index (χ1v) is 5.99. The van der Waals surface area contributed by atoms with Crippen molar-refractivity contribution in [1.82, 2.24) is 5.32 Å². The number of hydrogen-bond donors (Lipinski definition) is 2. The minimum atomic E-state index is -1.61. The number of rotatable bonds is 6. The number of ketones is 1. The third kappa shape index (κ3) is 3.00. The minimum Gasteiger partial charge on any atom is -0.477 e. The van der Waals surface area contributed by atoms with Crippen molar-refractivity contribution in [2.24, 2.45) is 0 Å². The van der Waals surface area contributed by atoms with Gasteiger partial charge in [0.15, 0.2) is 5.57 Å². The van der Waals surface area contributed by atoms with Crippen LogP contribution in [0.3, 0.4) is 0 Å². The Balaban J connectivity index is 2.45. The Morgan fingerprint density at radius 2 is 1.85 bits per heavy atom. The molecule has 7 heteroatoms. The quantitative estimate of drug-likeness (QED) is 0.202. The maximum atomic E-state index is 12.2. The number of nitrogens with zero attached hydrogens (tertiary/aromatic N) is 1. The van der Waals surface area contributed by atoms with Crippen LogP contribution in [0.1, 0.15) is 23.2 Å². The lowest BCUT2D eigenvalue weighted by Crippen LogP contribution is -2.29. The molecule has 0 aromatic heterocycles. The third-order valence-electron chi connectivity index (χ3n) is 2.81. The first-order valence-electron chi connectivity index (χ1n) is 5.99. The number of Topliss-reactive ketones (excluding diaryl/α,β-unsaturated/α-hetero) is 1. The predicted octanol–water partition coefficient (Wildman–Crippen LogP) is 1.19. The highest BCUT2D eigenvalue weighted by molar-refractivity contribution is 6.23. The molecule has 104 valence electrons. The van der Waals surface area contributed by atoms with Crippen molar-refractivity contribution >= 4 is 11.8 Å². The van der Waals surface area contributed by atoms with E-state index in [4.69, 9.17) is 5.11 Å². The van der Waals surface area contributed by atoms with Gasteiger partial charge in [-0.2, -0.15) is 0 Å². The maximum Gasteiger partial charge on any atom is 0.348 e. The summed E-state index contributed by atoms with van der Waals surface area (Å²) in [5.41, 5.74) is -0.741. The van der Waals surface area contributed by atoms with E-state index in [2.05, 4.69) is 5.32 Å². The van der Waals surface area contributed by atoms with Gasteiger partial charge in [0.05, 0.1) is 6.04 Å². The van der Waals surface area contributed by atoms with Crippen LogP contribution in [-0.4, -0.2) is 27.8 Å². The number of carbonyl (C=O) groups excluding carboxylic acids is 1. The number of benzene rings is 1. The molecule has 1 aromatic carbocycles. The Morgan fingerprint density at radius 1 is 1.25 bits per heavy atom. The highest BCUT2D eigenvalue weighted by atomic mass is 16.6. The molecule has 0 aliphatic heterocycles. The van der Waals surface area contributed by atoms with E-state index in [1.54, 1.807) is 18.2 Å². The first kappa shape index (κ1) is 13.7. The summed E-state index contributed by atoms with van der Waals surface area (Å²) in [5, 5.41) is 22.6. The molecule has 2 N–H and O–H groups in total. The van der Waals surface area contributed by atoms with Crippen molar-refractivity contribution in [3.05, 3.63) is 57.4 Å². The number of nitro groups is 1. The fourth-order valence-electron chi connectivity index (χ4n) is 1.68. The average molecular weight is 276 g/mol. The Kier molecular flexibility index (Phi) is 3.79. The summed E-state index contributed by atoms with van der Waals surface area (Å²) in [5.74, 6) is -3.23. The molecule has 0 heterocycles. The van der Waals surface area contributed by atoms with E-state index in [0.717, 1.165) is 12.8 Å². The van der Waals surface area contributed by atoms with Crippen LogP contribution < -0.4 is 5.32 Å². The van der Waals surface area contributed by atoms with Gasteiger partial charge < -0.3 is 15.2 Å². The summed E-state index contributed by atoms with van der Waals surface area (Å²) in [7, 11) is 0. The van der Waals surface area contributed by atoms with Gasteiger partial charge in [-0.1, -0.05) is 30.3 Å². The van der Waals surface area contributed by atoms with E-state index < -0.39 is 28.1 Å². The fourth-order valence-corrected chi connectivity index (χ4v) is 1.68. The van der Waals surface area contributed by atoms with Crippen LogP contribution in [-0.2, 0) is 4.79 Å². The van der Waals surface area contributed by atoms with Crippen LogP contribution in [0, 0.1) is 10.1 Å². The van der Waals surface area contributed by atoms with Crippen LogP contribution in [0.2, 0.25) is 0 Å². The summed E-state index contributed by atoms with van der Waals surface area (Å²) in [6, 6.07) is 7.49. The van der Waals surface area contributed by atoms with E-state index in [-0.39, 0.29) is 11.6 Å². The number of carboxylic acids is 1. The molecule has 0 radical (unpaired) electrons. The normalized spacial score (nSPS) is 15.2. The fraction of sp³-hybridized carbons (Fsp3) is 0.231. The van der Waals surface area contributed by atoms with Crippen molar-refractivity contribution in [1.29, 1.82) is 0 Å². The molecule has 1 fully saturated rings. The Labute approximate surface area is 114 Å². The molecule has 0 saturated heterocycles. The van der Waals surface area contributed by atoms with Crippen molar-refractivity contribution in [2.45, 2.75) is 18.9 Å². The van der Waals surface area contributed by atoms with Crippen molar-refractivity contribution < 1.29 is 19.6 Å². The molecular weight excluding hydrogens is 264 g/mol. The van der Waals surface area contributed by atoms with Crippen LogP contribution in [0.5, 0.6) is 0 Å². The highest BCUT2D eigenvalue weighted by Crippen LogP contribution is 2.22. The van der Waals surface area contributed by atoms with Crippen LogP contribution in [0.15, 0.2) is 41.7 Å². The Hall–Kier alpha value is -2.70. The molecule has 7 nitrogen and oxygen atoms in total. The van der Waals surface area contributed by atoms with Gasteiger partial charge in [0.2, 0.25) is 5.78 Å². The molecule has 0 atom stereocenters. The average Bonchev–Trinajstić information content (AvgIpc) is 3.22. The number of carbonyl (C=O) groups is 2. The zero-order valence-corrected chi connectivity index (χ0v) is 10.4. The van der Waals surface area contributed by atoms with Crippen molar-refractivity contribution in [3.8, 4) is 0 Å². The molecular formula is C13H12N2O5. The first-order chi connectivity index (χ1) is 9.50. The zero-order chi connectivity index (χ0) is 14.7. The van der Waals surface area contributed by atoms with E-state index in [9.17, 15) is 19.7 Å². The van der Waals surface area contributed by atoms with Crippen molar-refractivity contribution in [2.75, 3.05) is 0 Å². The van der Waals surface area contributed by atoms with Gasteiger partial charge in [-0.25, -0.2) is 4.79 Å². The van der Waals surface area contributed by atoms with Gasteiger partial charge >= 0.3 is 11.8 Å². The lowest BCUT2D eigenvalue weighted by molar-refractivity contribution is -0.432. The minimum absolute atomic E-state index is 0.0989. The molecule has 0 unspecified atom stereocenters. The van der Waals surface area contributed by atoms with E-state index in [1.807, 2.05) is 0 Å². The van der Waals surface area contributed by atoms with Gasteiger partial charge in [-0.3, -0.25) is 10.1 Å². The Bertz CT molecular complexity index is 590. The SMILES string of the molecule is O=C(O)C(C(=O)c1ccccc1)=C(NC1CC1)[N+](=O)[O-]. The predicted molar refractivity (Wildman–Crippen MR) is 68.6 cm³/mol. The number of nitrogens with one attached hydrogen (secondary N) is 1. The standard InChI is InChI=1S/C13H12N2O5/c16-11(8-4-2-1-3-5-8)10(13(17)18)12(15(19)20)14-9-6-7-9/h1-5,9,14H,6-7H2,(H,17,18). The van der Waals surface area contributed by atoms with Crippen LogP contribution >= 0.6 is 0 Å². The second kappa shape index (κ2) is 5.52. The molecule has 1 aliphatic rings. The molecule has 1 aliphatic carbocycles. The lowest BCUT2D eigenvalue weighted by atomic mass is 10.0. The number of hydrogen-bond acceptors (Lipinski definition) is 5. The third-order valence-corrected chi connectivity index (χ3v) is 2.81. The van der Waals surface area contributed by atoms with Gasteiger partial charge in [-0.05, 0) is 17.8 Å². The van der Waals surface area contributed by atoms with E-state index in [1.165, 1.54) is 12.1 Å². The number of carboxylic acid groups (broad SMARTS) is 1. The summed E-state index contributed by atoms with van der Waals surface area (Å²) < 4.78 is 0. The van der Waals surface area contributed by atoms with Crippen molar-refractivity contribution in [3.63, 3.8) is 0 Å². The molecule has 1 aromatic rings. The lowest BCUT2D eigenvalue weighted by Gasteiger charge is -2.07. The van der Waals surface area contributed by atoms with E-state index in [0.29, 0.717) is 0 Å². The molecule has 0 amide bonds. The monoisotopic (exact) mass is 276 g/mol. The molecule has 0 spiro atoms. The summed E-state index contributed by atoms with van der Waals surface area (Å²) in [4.78, 5) is 33.5. The Morgan fingerprint density at radius 3 is 2.30 bits per heavy atom. The van der Waals surface area contributed by atoms with E-state index >= 15 is 0 Å². The second-order valence-electron chi connectivity index (χ2n) is 4.40. The smallest absolute Gasteiger partial charge is 0.348 e. The van der Waals surface area contributed by atoms with Gasteiger partial charge in [0.1, 0.15) is 0 Å². The zero-order valence-electron chi connectivity index (χ0n) is 10.4. The van der Waals surface area contributed by atoms with Gasteiger partial charge in [-0.15, -0.1) is 0 Å².